The molecule has 3 aromatic rings. The molecule has 4 rings (SSSR count). The van der Waals surface area contributed by atoms with E-state index in [1.165, 1.54) is 12.3 Å². The summed E-state index contributed by atoms with van der Waals surface area (Å²) in [5, 5.41) is 3.59. The summed E-state index contributed by atoms with van der Waals surface area (Å²) < 4.78 is 29.4. The number of hydrogen-bond donors (Lipinski definition) is 3. The maximum Gasteiger partial charge on any atom is 0.196 e. The number of benzene rings is 2. The molecule has 164 valence electrons. The number of nitrogens with one attached hydrogen (secondary N) is 3. The van der Waals surface area contributed by atoms with Gasteiger partial charge >= 0.3 is 0 Å². The van der Waals surface area contributed by atoms with Gasteiger partial charge in [-0.2, -0.15) is 0 Å². The van der Waals surface area contributed by atoms with Crippen LogP contribution in [0.4, 0.5) is 20.3 Å². The number of aromatic nitrogens is 1. The molecule has 2 aromatic carbocycles. The maximum atomic E-state index is 14.9. The first-order chi connectivity index (χ1) is 15.5. The first kappa shape index (κ1) is 21.9. The topological polar surface area (TPSA) is 66.0 Å². The molecule has 1 aromatic heterocycles. The van der Waals surface area contributed by atoms with Gasteiger partial charge in [0, 0.05) is 41.5 Å². The summed E-state index contributed by atoms with van der Waals surface area (Å²) in [6, 6.07) is 11.6. The molecule has 0 atom stereocenters. The Bertz CT molecular complexity index is 1200. The number of fused-ring (bicyclic) bond motifs is 1. The van der Waals surface area contributed by atoms with Gasteiger partial charge in [-0.25, -0.2) is 19.2 Å². The number of Topliss-reactive ketones (excluding diaryl/α,β-unsaturated/α-hetero) is 1. The molecule has 3 N–H and O–H groups in total. The fourth-order valence-electron chi connectivity index (χ4n) is 3.43. The van der Waals surface area contributed by atoms with Crippen LogP contribution in [-0.4, -0.2) is 17.3 Å². The van der Waals surface area contributed by atoms with Crippen molar-refractivity contribution >= 4 is 28.9 Å². The number of pyridine rings is 1. The van der Waals surface area contributed by atoms with E-state index in [-0.39, 0.29) is 17.7 Å². The van der Waals surface area contributed by atoms with Gasteiger partial charge in [-0.1, -0.05) is 30.7 Å². The van der Waals surface area contributed by atoms with E-state index in [2.05, 4.69) is 21.2 Å². The van der Waals surface area contributed by atoms with Crippen molar-refractivity contribution in [1.82, 2.24) is 10.4 Å². The smallest absolute Gasteiger partial charge is 0.196 e. The summed E-state index contributed by atoms with van der Waals surface area (Å²) in [7, 11) is 0. The van der Waals surface area contributed by atoms with Crippen LogP contribution in [0.25, 0.3) is 11.1 Å². The number of rotatable bonds is 7. The molecule has 8 heteroatoms. The van der Waals surface area contributed by atoms with Crippen LogP contribution >= 0.6 is 11.6 Å². The van der Waals surface area contributed by atoms with Gasteiger partial charge in [0.15, 0.2) is 11.6 Å². The summed E-state index contributed by atoms with van der Waals surface area (Å²) in [6.45, 7) is 2.55. The average Bonchev–Trinajstić information content (AvgIpc) is 2.80. The van der Waals surface area contributed by atoms with Crippen LogP contribution < -0.4 is 16.2 Å². The second-order valence-corrected chi connectivity index (χ2v) is 7.83. The minimum Gasteiger partial charge on any atom is -0.346 e. The van der Waals surface area contributed by atoms with E-state index in [0.29, 0.717) is 17.4 Å². The van der Waals surface area contributed by atoms with Crippen LogP contribution in [0, 0.1) is 11.6 Å². The van der Waals surface area contributed by atoms with Gasteiger partial charge in [0.25, 0.3) is 0 Å². The zero-order valence-corrected chi connectivity index (χ0v) is 18.1. The minimum absolute atomic E-state index is 0.0136. The van der Waals surface area contributed by atoms with Crippen molar-refractivity contribution in [2.45, 2.75) is 19.8 Å². The van der Waals surface area contributed by atoms with Crippen molar-refractivity contribution < 1.29 is 13.6 Å². The molecule has 0 aliphatic carbocycles. The molecule has 0 unspecified atom stereocenters. The first-order valence-corrected chi connectivity index (χ1v) is 10.6. The molecule has 2 heterocycles. The molecular formula is C24H21ClF2N4O. The lowest BCUT2D eigenvalue weighted by atomic mass is 9.94. The number of hydrogen-bond acceptors (Lipinski definition) is 5. The Labute approximate surface area is 189 Å². The highest BCUT2D eigenvalue weighted by Gasteiger charge is 2.26. The van der Waals surface area contributed by atoms with E-state index < -0.39 is 23.0 Å². The molecular weight excluding hydrogens is 434 g/mol. The van der Waals surface area contributed by atoms with E-state index in [0.717, 1.165) is 29.2 Å². The molecule has 0 saturated carbocycles. The molecule has 1 aliphatic heterocycles. The van der Waals surface area contributed by atoms with Crippen LogP contribution in [0.1, 0.15) is 29.3 Å². The highest BCUT2D eigenvalue weighted by Crippen LogP contribution is 2.31. The molecule has 0 bridgehead atoms. The van der Waals surface area contributed by atoms with Crippen molar-refractivity contribution in [3.63, 3.8) is 0 Å². The van der Waals surface area contributed by atoms with Crippen LogP contribution in [0.15, 0.2) is 60.4 Å². The van der Waals surface area contributed by atoms with Crippen LogP contribution in [0.3, 0.4) is 0 Å². The lowest BCUT2D eigenvalue weighted by Crippen LogP contribution is -2.24. The van der Waals surface area contributed by atoms with Gasteiger partial charge in [0.2, 0.25) is 0 Å². The number of nitrogens with zero attached hydrogens (tertiary/aromatic N) is 1. The monoisotopic (exact) mass is 454 g/mol. The van der Waals surface area contributed by atoms with Crippen molar-refractivity contribution in [1.29, 1.82) is 0 Å². The van der Waals surface area contributed by atoms with E-state index in [1.54, 1.807) is 18.3 Å². The number of ketones is 1. The number of hydrazine groups is 1. The highest BCUT2D eigenvalue weighted by atomic mass is 35.5. The van der Waals surface area contributed by atoms with Gasteiger partial charge in [0.1, 0.15) is 11.6 Å². The van der Waals surface area contributed by atoms with Gasteiger partial charge in [0.05, 0.1) is 11.3 Å². The Morgan fingerprint density at radius 3 is 2.69 bits per heavy atom. The predicted molar refractivity (Wildman–Crippen MR) is 123 cm³/mol. The van der Waals surface area contributed by atoms with Crippen molar-refractivity contribution in [2.75, 3.05) is 17.3 Å². The lowest BCUT2D eigenvalue weighted by Gasteiger charge is -2.19. The zero-order valence-electron chi connectivity index (χ0n) is 17.3. The SMILES string of the molecule is CCCNNc1ccc(F)c(C(=O)C2=CNc3ncc(-c4ccc(Cl)cc4)cc3C2)c1F. The van der Waals surface area contributed by atoms with Crippen molar-refractivity contribution in [2.24, 2.45) is 0 Å². The zero-order chi connectivity index (χ0) is 22.7. The Hall–Kier alpha value is -3.29. The van der Waals surface area contributed by atoms with Gasteiger partial charge in [-0.3, -0.25) is 4.79 Å². The van der Waals surface area contributed by atoms with Gasteiger partial charge in [-0.15, -0.1) is 0 Å². The molecule has 0 radical (unpaired) electrons. The molecule has 1 aliphatic rings. The highest BCUT2D eigenvalue weighted by molar-refractivity contribution is 6.30. The number of halogens is 3. The Morgan fingerprint density at radius 2 is 1.94 bits per heavy atom. The maximum absolute atomic E-state index is 14.9. The standard InChI is InChI=1S/C24H21ClF2N4O/c1-2-9-30-31-20-8-7-19(26)21(22(20)27)23(32)17-11-15-10-16(12-28-24(15)29-13-17)14-3-5-18(25)6-4-14/h3-8,10,12-13,30-31H,2,9,11H2,1H3,(H,28,29). The van der Waals surface area contributed by atoms with E-state index in [9.17, 15) is 13.6 Å². The van der Waals surface area contributed by atoms with E-state index in [4.69, 9.17) is 11.6 Å². The fraction of sp³-hybridized carbons (Fsp3) is 0.167. The predicted octanol–water partition coefficient (Wildman–Crippen LogP) is 5.74. The third-order valence-corrected chi connectivity index (χ3v) is 5.37. The molecule has 0 saturated heterocycles. The molecule has 0 spiro atoms. The van der Waals surface area contributed by atoms with Gasteiger partial charge in [-0.05, 0) is 47.9 Å². The van der Waals surface area contributed by atoms with Crippen LogP contribution in [0.5, 0.6) is 0 Å². The van der Waals surface area contributed by atoms with E-state index in [1.807, 2.05) is 25.1 Å². The molecule has 32 heavy (non-hydrogen) atoms. The Kier molecular flexibility index (Phi) is 6.48. The summed E-state index contributed by atoms with van der Waals surface area (Å²) in [4.78, 5) is 17.5. The number of allylic oxidation sites excluding steroid dienone is 1. The van der Waals surface area contributed by atoms with Crippen LogP contribution in [0.2, 0.25) is 5.02 Å². The normalized spacial score (nSPS) is 12.6. The van der Waals surface area contributed by atoms with E-state index >= 15 is 0 Å². The second kappa shape index (κ2) is 9.46. The summed E-state index contributed by atoms with van der Waals surface area (Å²) >= 11 is 5.96. The summed E-state index contributed by atoms with van der Waals surface area (Å²) in [6.07, 6.45) is 4.19. The summed E-state index contributed by atoms with van der Waals surface area (Å²) in [5.41, 5.74) is 7.70. The minimum atomic E-state index is -0.932. The van der Waals surface area contributed by atoms with Gasteiger partial charge < -0.3 is 10.7 Å². The third kappa shape index (κ3) is 4.49. The Balaban J connectivity index is 1.60. The largest absolute Gasteiger partial charge is 0.346 e. The summed E-state index contributed by atoms with van der Waals surface area (Å²) in [5.74, 6) is -1.96. The fourth-order valence-corrected chi connectivity index (χ4v) is 3.56. The average molecular weight is 455 g/mol. The lowest BCUT2D eigenvalue weighted by molar-refractivity contribution is 0.102. The molecule has 5 nitrogen and oxygen atoms in total. The second-order valence-electron chi connectivity index (χ2n) is 7.39. The quantitative estimate of drug-likeness (QED) is 0.241. The number of anilines is 2. The first-order valence-electron chi connectivity index (χ1n) is 10.2. The molecule has 0 amide bonds. The van der Waals surface area contributed by atoms with Crippen LogP contribution in [-0.2, 0) is 6.42 Å². The Morgan fingerprint density at radius 1 is 1.16 bits per heavy atom. The van der Waals surface area contributed by atoms with Crippen molar-refractivity contribution in [3.05, 3.63) is 88.2 Å². The van der Waals surface area contributed by atoms with Crippen molar-refractivity contribution in [3.8, 4) is 11.1 Å². The third-order valence-electron chi connectivity index (χ3n) is 5.12. The number of carbonyl (C=O) groups is 1. The molecule has 0 fully saturated rings. The number of carbonyl (C=O) groups excluding carboxylic acids is 1.